The zero-order valence-electron chi connectivity index (χ0n) is 13.1. The topological polar surface area (TPSA) is 77.7 Å². The van der Waals surface area contributed by atoms with E-state index < -0.39 is 0 Å². The van der Waals surface area contributed by atoms with Crippen LogP contribution in [-0.4, -0.2) is 40.8 Å². The Kier molecular flexibility index (Phi) is 3.01. The number of aromatic nitrogens is 2. The van der Waals surface area contributed by atoms with Crippen molar-refractivity contribution in [1.82, 2.24) is 15.0 Å². The molecule has 0 spiro atoms. The summed E-state index contributed by atoms with van der Waals surface area (Å²) in [6, 6.07) is 5.31. The van der Waals surface area contributed by atoms with Crippen LogP contribution < -0.4 is 9.47 Å². The van der Waals surface area contributed by atoms with Crippen LogP contribution in [0, 0.1) is 0 Å². The van der Waals surface area contributed by atoms with E-state index in [2.05, 4.69) is 10.1 Å². The zero-order chi connectivity index (χ0) is 16.1. The highest BCUT2D eigenvalue weighted by Crippen LogP contribution is 2.39. The SMILES string of the molecule is O=C(c1ccc2c(c1)OCO2)N1CCC(c2nc(C3CC3)no2)C1. The minimum Gasteiger partial charge on any atom is -0.454 e. The van der Waals surface area contributed by atoms with E-state index in [4.69, 9.17) is 14.0 Å². The molecule has 0 N–H and O–H groups in total. The lowest BCUT2D eigenvalue weighted by atomic mass is 10.1. The summed E-state index contributed by atoms with van der Waals surface area (Å²) in [6.45, 7) is 1.51. The highest BCUT2D eigenvalue weighted by Gasteiger charge is 2.34. The van der Waals surface area contributed by atoms with Gasteiger partial charge in [0.05, 0.1) is 5.92 Å². The van der Waals surface area contributed by atoms with Crippen LogP contribution in [0.1, 0.15) is 53.2 Å². The molecule has 1 amide bonds. The number of likely N-dealkylation sites (tertiary alicyclic amines) is 1. The van der Waals surface area contributed by atoms with Gasteiger partial charge >= 0.3 is 0 Å². The number of amides is 1. The first kappa shape index (κ1) is 13.8. The van der Waals surface area contributed by atoms with Crippen molar-refractivity contribution in [3.05, 3.63) is 35.5 Å². The first-order valence-electron chi connectivity index (χ1n) is 8.30. The molecule has 1 aromatic heterocycles. The van der Waals surface area contributed by atoms with E-state index in [0.717, 1.165) is 25.1 Å². The smallest absolute Gasteiger partial charge is 0.254 e. The Bertz CT molecular complexity index is 799. The van der Waals surface area contributed by atoms with Crippen LogP contribution >= 0.6 is 0 Å². The molecule has 1 aromatic carbocycles. The monoisotopic (exact) mass is 327 g/mol. The van der Waals surface area contributed by atoms with E-state index in [1.54, 1.807) is 18.2 Å². The summed E-state index contributed by atoms with van der Waals surface area (Å²) in [4.78, 5) is 19.1. The van der Waals surface area contributed by atoms with Crippen LogP contribution in [0.3, 0.4) is 0 Å². The fourth-order valence-electron chi connectivity index (χ4n) is 3.28. The molecule has 1 saturated carbocycles. The quantitative estimate of drug-likeness (QED) is 0.861. The molecule has 0 bridgehead atoms. The third-order valence-corrected chi connectivity index (χ3v) is 4.84. The third kappa shape index (κ3) is 2.31. The Morgan fingerprint density at radius 3 is 2.88 bits per heavy atom. The van der Waals surface area contributed by atoms with Gasteiger partial charge in [-0.1, -0.05) is 5.16 Å². The lowest BCUT2D eigenvalue weighted by Crippen LogP contribution is -2.28. The highest BCUT2D eigenvalue weighted by molar-refractivity contribution is 5.95. The zero-order valence-corrected chi connectivity index (χ0v) is 13.1. The molecule has 1 atom stereocenters. The van der Waals surface area contributed by atoms with Gasteiger partial charge in [0.25, 0.3) is 5.91 Å². The van der Waals surface area contributed by atoms with Crippen LogP contribution in [0.4, 0.5) is 0 Å². The van der Waals surface area contributed by atoms with Gasteiger partial charge in [0, 0.05) is 24.6 Å². The molecular weight excluding hydrogens is 310 g/mol. The molecule has 124 valence electrons. The van der Waals surface area contributed by atoms with Crippen molar-refractivity contribution in [2.45, 2.75) is 31.1 Å². The normalized spacial score (nSPS) is 22.2. The van der Waals surface area contributed by atoms with Crippen molar-refractivity contribution in [2.75, 3.05) is 19.9 Å². The van der Waals surface area contributed by atoms with E-state index in [1.165, 1.54) is 0 Å². The van der Waals surface area contributed by atoms with Crippen LogP contribution in [0.5, 0.6) is 11.5 Å². The Morgan fingerprint density at radius 1 is 1.12 bits per heavy atom. The van der Waals surface area contributed by atoms with Crippen molar-refractivity contribution in [3.63, 3.8) is 0 Å². The highest BCUT2D eigenvalue weighted by atomic mass is 16.7. The van der Waals surface area contributed by atoms with Gasteiger partial charge in [-0.15, -0.1) is 0 Å². The van der Waals surface area contributed by atoms with E-state index >= 15 is 0 Å². The largest absolute Gasteiger partial charge is 0.454 e. The Labute approximate surface area is 138 Å². The minimum atomic E-state index is -0.00210. The molecule has 1 unspecified atom stereocenters. The maximum Gasteiger partial charge on any atom is 0.254 e. The number of ether oxygens (including phenoxy) is 2. The lowest BCUT2D eigenvalue weighted by molar-refractivity contribution is 0.0789. The van der Waals surface area contributed by atoms with E-state index in [9.17, 15) is 4.79 Å². The number of hydrogen-bond donors (Lipinski definition) is 0. The lowest BCUT2D eigenvalue weighted by Gasteiger charge is -2.16. The molecule has 3 aliphatic rings. The summed E-state index contributed by atoms with van der Waals surface area (Å²) >= 11 is 0. The molecule has 1 saturated heterocycles. The van der Waals surface area contributed by atoms with Crippen LogP contribution in [0.15, 0.2) is 22.7 Å². The number of carbonyl (C=O) groups excluding carboxylic acids is 1. The van der Waals surface area contributed by atoms with Gasteiger partial charge in [-0.05, 0) is 37.5 Å². The van der Waals surface area contributed by atoms with E-state index in [0.29, 0.717) is 42.0 Å². The van der Waals surface area contributed by atoms with E-state index in [1.807, 2.05) is 4.90 Å². The van der Waals surface area contributed by atoms with Crippen molar-refractivity contribution in [1.29, 1.82) is 0 Å². The molecular formula is C17H17N3O4. The number of carbonyl (C=O) groups is 1. The van der Waals surface area contributed by atoms with Gasteiger partial charge in [0.2, 0.25) is 12.7 Å². The molecule has 2 aliphatic heterocycles. The Hall–Kier alpha value is -2.57. The number of fused-ring (bicyclic) bond motifs is 1. The Morgan fingerprint density at radius 2 is 2.00 bits per heavy atom. The van der Waals surface area contributed by atoms with Gasteiger partial charge in [-0.25, -0.2) is 0 Å². The molecule has 2 fully saturated rings. The molecule has 7 heteroatoms. The summed E-state index contributed by atoms with van der Waals surface area (Å²) in [5.74, 6) is 3.41. The molecule has 7 nitrogen and oxygen atoms in total. The van der Waals surface area contributed by atoms with Crippen molar-refractivity contribution >= 4 is 5.91 Å². The number of nitrogens with zero attached hydrogens (tertiary/aromatic N) is 3. The maximum absolute atomic E-state index is 12.7. The summed E-state index contributed by atoms with van der Waals surface area (Å²) in [7, 11) is 0. The summed E-state index contributed by atoms with van der Waals surface area (Å²) in [6.07, 6.45) is 3.15. The number of rotatable bonds is 3. The predicted octanol–water partition coefficient (Wildman–Crippen LogP) is 2.31. The van der Waals surface area contributed by atoms with Gasteiger partial charge < -0.3 is 18.9 Å². The fourth-order valence-corrected chi connectivity index (χ4v) is 3.28. The van der Waals surface area contributed by atoms with Crippen molar-refractivity contribution < 1.29 is 18.8 Å². The molecule has 2 aromatic rings. The van der Waals surface area contributed by atoms with Crippen molar-refractivity contribution in [3.8, 4) is 11.5 Å². The molecule has 3 heterocycles. The van der Waals surface area contributed by atoms with Crippen molar-refractivity contribution in [2.24, 2.45) is 0 Å². The molecule has 0 radical (unpaired) electrons. The standard InChI is InChI=1S/C17H17N3O4/c21-17(11-3-4-13-14(7-11)23-9-22-13)20-6-5-12(8-20)16-18-15(19-24-16)10-1-2-10/h3-4,7,10,12H,1-2,5-6,8-9H2. The number of hydrogen-bond acceptors (Lipinski definition) is 6. The van der Waals surface area contributed by atoms with Gasteiger partial charge in [0.1, 0.15) is 0 Å². The minimum absolute atomic E-state index is 0.00210. The molecule has 24 heavy (non-hydrogen) atoms. The van der Waals surface area contributed by atoms with Crippen LogP contribution in [0.25, 0.3) is 0 Å². The Balaban J connectivity index is 1.30. The second-order valence-corrected chi connectivity index (χ2v) is 6.57. The van der Waals surface area contributed by atoms with Crippen LogP contribution in [0.2, 0.25) is 0 Å². The maximum atomic E-state index is 12.7. The first-order chi connectivity index (χ1) is 11.8. The average Bonchev–Trinajstić information content (AvgIpc) is 3.06. The second-order valence-electron chi connectivity index (χ2n) is 6.57. The van der Waals surface area contributed by atoms with Gasteiger partial charge in [-0.2, -0.15) is 4.98 Å². The molecule has 1 aliphatic carbocycles. The summed E-state index contributed by atoms with van der Waals surface area (Å²) < 4.78 is 16.0. The molecule has 5 rings (SSSR count). The van der Waals surface area contributed by atoms with Gasteiger partial charge in [0.15, 0.2) is 17.3 Å². The van der Waals surface area contributed by atoms with E-state index in [-0.39, 0.29) is 18.6 Å². The first-order valence-corrected chi connectivity index (χ1v) is 8.30. The van der Waals surface area contributed by atoms with Gasteiger partial charge in [-0.3, -0.25) is 4.79 Å². The predicted molar refractivity (Wildman–Crippen MR) is 82.1 cm³/mol. The summed E-state index contributed by atoms with van der Waals surface area (Å²) in [5.41, 5.74) is 0.615. The van der Waals surface area contributed by atoms with Crippen LogP contribution in [-0.2, 0) is 0 Å². The second kappa shape index (κ2) is 5.22. The number of benzene rings is 1. The average molecular weight is 327 g/mol. The summed E-state index contributed by atoms with van der Waals surface area (Å²) in [5, 5.41) is 4.07. The third-order valence-electron chi connectivity index (χ3n) is 4.84. The fraction of sp³-hybridized carbons (Fsp3) is 0.471.